The molecule has 0 aromatic rings. The first kappa shape index (κ1) is 145. The maximum absolute atomic E-state index is 9.49. The average molecular weight is 1810 g/mol. The van der Waals surface area contributed by atoms with Gasteiger partial charge in [0.15, 0.2) is 0 Å². The van der Waals surface area contributed by atoms with Gasteiger partial charge in [0.2, 0.25) is 0 Å². The summed E-state index contributed by atoms with van der Waals surface area (Å²) in [7, 11) is 19.5. The first-order valence-corrected chi connectivity index (χ1v) is 40.4. The molecule has 0 aliphatic rings. The molecular weight excluding hydrogens is 1620 g/mol. The Morgan fingerprint density at radius 2 is 0.421 bits per heavy atom. The molecule has 44 heteroatoms. The van der Waals surface area contributed by atoms with Crippen LogP contribution in [0.3, 0.4) is 0 Å². The third-order valence-electron chi connectivity index (χ3n) is 11.7. The zero-order chi connectivity index (χ0) is 93.2. The largest absolute Gasteiger partial charge is 0.396 e. The first-order valence-electron chi connectivity index (χ1n) is 40.4. The van der Waals surface area contributed by atoms with Crippen LogP contribution in [0.2, 0.25) is 0 Å². The predicted octanol–water partition coefficient (Wildman–Crippen LogP) is -5.04. The van der Waals surface area contributed by atoms with Crippen molar-refractivity contribution in [2.24, 2.45) is 5.73 Å². The monoisotopic (exact) mass is 1810 g/mol. The first-order chi connectivity index (χ1) is 59.0. The fourth-order valence-electron chi connectivity index (χ4n) is 5.87. The van der Waals surface area contributed by atoms with Crippen molar-refractivity contribution in [1.29, 1.82) is 0 Å². The minimum atomic E-state index is -0.767. The summed E-state index contributed by atoms with van der Waals surface area (Å²) in [6, 6.07) is 0. The minimum absolute atomic E-state index is 0.0305. The van der Waals surface area contributed by atoms with E-state index in [1.165, 1.54) is 7.11 Å². The molecule has 0 aromatic heterocycles. The van der Waals surface area contributed by atoms with Gasteiger partial charge in [0.25, 0.3) is 0 Å². The molecule has 0 aromatic carbocycles. The van der Waals surface area contributed by atoms with Gasteiger partial charge in [0, 0.05) is 111 Å². The SMILES string of the molecule is CCOCCOCC(O)COCCOCCOC.CNCCOCCO.COCC(O)CO.COCCCCCO.COCCO.COCCOCC(O)CO.COCCOCC(O)COCCO.COCCOCCN.COCCOCCO.COCCOCCOCCO.COCCOCCOCCO.COCCOCCOCCOCCO. The van der Waals surface area contributed by atoms with E-state index in [1.54, 1.807) is 71.1 Å². The second-order valence-electron chi connectivity index (χ2n) is 22.4. The summed E-state index contributed by atoms with van der Waals surface area (Å²) in [5.41, 5.74) is 5.14. The van der Waals surface area contributed by atoms with Gasteiger partial charge < -0.3 is 215 Å². The highest BCUT2D eigenvalue weighted by Crippen LogP contribution is 1.94. The number of unbranched alkanes of at least 4 members (excludes halogenated alkanes) is 2. The standard InChI is InChI=1S/C12H26O6.C9H20O5.C8H18O5.2C7H16O4.C6H14O4.C6H14O2.2C5H13NO2.C5H12O3.C4H10O3.C3H8O2/c1-3-15-6-8-17-10-12(13)11-18-9-7-16-5-4-14-2;1-11-4-5-13-8-9-14-7-6-12-3-2-10;1-11-4-5-13-7-8(10)6-12-3-2-9;2*1-9-4-5-11-7-6-10-3-2-8;1-9-2-3-10-5-6(8)4-7;1-8-6-4-2-3-5-7;1-6-2-4-8-5-3-7;2*1-7-4-5-8-3-2-6;1-7-3-4(6)2-5;1-5-3-2-4/h12-13H,3-11H2,1-2H3;10H,2-9H2,1H3;8-10H,2-7H2,1H3;2*8H,2-7H2,1H3;6-8H,2-5H2,1H3;7H,2-6H2,1H3;6-7H,2-5H2,1H3;2-6H2,1H3;6H,2-5H2,1H3;4-6H,2-3H2,1H3;4H,2-3H2,1H3. The Bertz CT molecular complexity index is 1350. The number of nitrogens with one attached hydrogen (secondary N) is 1. The minimum Gasteiger partial charge on any atom is -0.396 e. The number of nitrogens with two attached hydrogens (primary N) is 1. The number of rotatable bonds is 81. The second-order valence-corrected chi connectivity index (χ2v) is 22.4. The number of hydrogen-bond donors (Lipinski definition) is 16. The normalized spacial score (nSPS) is 11.3. The van der Waals surface area contributed by atoms with Gasteiger partial charge in [-0.25, -0.2) is 0 Å². The number of ether oxygens (including phenoxy) is 28. The fraction of sp³-hybridized carbons (Fsp3) is 1.00. The number of aliphatic hydroxyl groups excluding tert-OH is 14. The maximum atomic E-state index is 9.49. The van der Waals surface area contributed by atoms with Crippen LogP contribution in [0.4, 0.5) is 0 Å². The van der Waals surface area contributed by atoms with Gasteiger partial charge in [-0.3, -0.25) is 0 Å². The van der Waals surface area contributed by atoms with E-state index in [-0.39, 0.29) is 106 Å². The van der Waals surface area contributed by atoms with E-state index in [1.807, 2.05) is 14.0 Å². The van der Waals surface area contributed by atoms with Gasteiger partial charge in [0.1, 0.15) is 24.4 Å². The van der Waals surface area contributed by atoms with Crippen LogP contribution in [0.5, 0.6) is 0 Å². The Balaban J connectivity index is -0.000000109. The highest BCUT2D eigenvalue weighted by molar-refractivity contribution is 4.53. The summed E-state index contributed by atoms with van der Waals surface area (Å²) in [5.74, 6) is 0. The van der Waals surface area contributed by atoms with E-state index in [0.717, 1.165) is 32.4 Å². The Hall–Kier alpha value is -1.76. The van der Waals surface area contributed by atoms with Gasteiger partial charge in [-0.1, -0.05) is 0 Å². The maximum Gasteiger partial charge on any atom is 0.101 e. The van der Waals surface area contributed by atoms with E-state index in [4.69, 9.17) is 181 Å². The summed E-state index contributed by atoms with van der Waals surface area (Å²) in [6.07, 6.45) is 0.320. The second kappa shape index (κ2) is 165. The van der Waals surface area contributed by atoms with Crippen molar-refractivity contribution in [3.63, 3.8) is 0 Å². The van der Waals surface area contributed by atoms with Crippen molar-refractivity contribution >= 4 is 0 Å². The third-order valence-corrected chi connectivity index (χ3v) is 11.7. The van der Waals surface area contributed by atoms with E-state index >= 15 is 0 Å². The Labute approximate surface area is 725 Å². The van der Waals surface area contributed by atoms with Crippen LogP contribution in [0.15, 0.2) is 0 Å². The Morgan fingerprint density at radius 3 is 0.645 bits per heavy atom. The highest BCUT2D eigenvalue weighted by Gasteiger charge is 2.06. The van der Waals surface area contributed by atoms with Crippen molar-refractivity contribution in [3.05, 3.63) is 0 Å². The molecule has 0 heterocycles. The molecule has 0 saturated heterocycles. The third kappa shape index (κ3) is 210. The van der Waals surface area contributed by atoms with Crippen LogP contribution in [0.1, 0.15) is 26.2 Å². The summed E-state index contributed by atoms with van der Waals surface area (Å²) in [6.45, 7) is 26.0. The molecule has 0 radical (unpaired) electrons. The van der Waals surface area contributed by atoms with Crippen molar-refractivity contribution in [2.45, 2.75) is 50.6 Å². The van der Waals surface area contributed by atoms with E-state index in [0.29, 0.717) is 258 Å². The molecule has 0 rings (SSSR count). The lowest BCUT2D eigenvalue weighted by Crippen LogP contribution is -2.24. The number of likely N-dealkylation sites (N-methyl/N-ethyl adjacent to an activating group) is 1. The number of methoxy groups -OCH3 is 11. The molecule has 121 heavy (non-hydrogen) atoms. The van der Waals surface area contributed by atoms with Gasteiger partial charge in [-0.2, -0.15) is 0 Å². The summed E-state index contributed by atoms with van der Waals surface area (Å²) in [4.78, 5) is 0. The van der Waals surface area contributed by atoms with Crippen LogP contribution in [-0.2, 0) is 133 Å². The summed E-state index contributed by atoms with van der Waals surface area (Å²) < 4.78 is 137. The fourth-order valence-corrected chi connectivity index (χ4v) is 5.87. The number of hydrogen-bond acceptors (Lipinski definition) is 44. The molecule has 0 spiro atoms. The molecule has 0 aliphatic heterocycles. The van der Waals surface area contributed by atoms with Crippen molar-refractivity contribution in [3.8, 4) is 0 Å². The molecule has 750 valence electrons. The lowest BCUT2D eigenvalue weighted by molar-refractivity contribution is -0.0428. The van der Waals surface area contributed by atoms with Gasteiger partial charge >= 0.3 is 0 Å². The van der Waals surface area contributed by atoms with Crippen molar-refractivity contribution < 1.29 is 204 Å². The lowest BCUT2D eigenvalue weighted by atomic mass is 10.2. The highest BCUT2D eigenvalue weighted by atomic mass is 16.6. The molecule has 0 fully saturated rings. The smallest absolute Gasteiger partial charge is 0.101 e. The molecule has 4 unspecified atom stereocenters. The van der Waals surface area contributed by atoms with Gasteiger partial charge in [-0.15, -0.1) is 0 Å². The van der Waals surface area contributed by atoms with E-state index < -0.39 is 24.4 Å². The number of aliphatic hydroxyl groups is 14. The molecule has 0 saturated carbocycles. The summed E-state index contributed by atoms with van der Waals surface area (Å²) in [5, 5.41) is 121. The van der Waals surface area contributed by atoms with Crippen molar-refractivity contribution in [2.75, 3.05) is 462 Å². The van der Waals surface area contributed by atoms with Crippen LogP contribution < -0.4 is 11.1 Å². The zero-order valence-corrected chi connectivity index (χ0v) is 76.5. The van der Waals surface area contributed by atoms with Crippen LogP contribution in [0.25, 0.3) is 0 Å². The van der Waals surface area contributed by atoms with E-state index in [2.05, 4.69) is 24.3 Å². The van der Waals surface area contributed by atoms with E-state index in [9.17, 15) is 10.2 Å². The van der Waals surface area contributed by atoms with Crippen LogP contribution in [-0.4, -0.2) is 558 Å². The molecule has 0 aliphatic carbocycles. The van der Waals surface area contributed by atoms with Crippen LogP contribution in [0, 0.1) is 0 Å². The molecule has 0 bridgehead atoms. The Morgan fingerprint density at radius 1 is 0.207 bits per heavy atom. The molecule has 4 atom stereocenters. The van der Waals surface area contributed by atoms with Gasteiger partial charge in [0.05, 0.1) is 344 Å². The summed E-state index contributed by atoms with van der Waals surface area (Å²) >= 11 is 0. The topological polar surface area (TPSA) is 580 Å². The molecular formula is C77H180N2O42. The lowest BCUT2D eigenvalue weighted by Gasteiger charge is -2.12. The molecule has 0 amide bonds. The Kier molecular flexibility index (Phi) is 198. The quantitative estimate of drug-likeness (QED) is 0.0254. The predicted molar refractivity (Wildman–Crippen MR) is 452 cm³/mol. The zero-order valence-electron chi connectivity index (χ0n) is 76.5. The van der Waals surface area contributed by atoms with Gasteiger partial charge in [-0.05, 0) is 33.2 Å². The van der Waals surface area contributed by atoms with Crippen molar-refractivity contribution in [1.82, 2.24) is 5.32 Å². The molecule has 17 N–H and O–H groups in total. The average Bonchev–Trinajstić information content (AvgIpc) is 1.05. The molecule has 44 nitrogen and oxygen atoms in total. The van der Waals surface area contributed by atoms with Crippen LogP contribution >= 0.6 is 0 Å².